The number of aryl methyl sites for hydroxylation is 4. The molecule has 3 aromatic rings. The second-order valence-corrected chi connectivity index (χ2v) is 9.21. The Labute approximate surface area is 176 Å². The van der Waals surface area contributed by atoms with Crippen molar-refractivity contribution in [2.45, 2.75) is 72.1 Å². The van der Waals surface area contributed by atoms with Crippen LogP contribution in [-0.4, -0.2) is 4.57 Å². The highest BCUT2D eigenvalue weighted by atomic mass is 15.0. The van der Waals surface area contributed by atoms with Gasteiger partial charge in [0, 0.05) is 34.6 Å². The zero-order valence-electron chi connectivity index (χ0n) is 19.1. The van der Waals surface area contributed by atoms with E-state index in [1.54, 1.807) is 0 Å². The first-order valence-corrected chi connectivity index (χ1v) is 11.3. The second-order valence-electron chi connectivity index (χ2n) is 9.21. The van der Waals surface area contributed by atoms with Crippen LogP contribution in [0, 0.1) is 0 Å². The number of unbranched alkanes of at least 4 members (excludes halogenated alkanes) is 1. The SMILES string of the molecule is C=C1c2cc(CC)c(CCCC)cc2C(C)(C)c2c1c1ccc(CC)cc1n2C. The van der Waals surface area contributed by atoms with Crippen molar-refractivity contribution >= 4 is 16.5 Å². The first-order chi connectivity index (χ1) is 13.8. The molecule has 1 aliphatic carbocycles. The number of benzene rings is 2. The molecule has 152 valence electrons. The highest BCUT2D eigenvalue weighted by molar-refractivity contribution is 6.01. The highest BCUT2D eigenvalue weighted by Gasteiger charge is 2.38. The van der Waals surface area contributed by atoms with Crippen LogP contribution in [0.25, 0.3) is 16.5 Å². The summed E-state index contributed by atoms with van der Waals surface area (Å²) in [6.07, 6.45) is 5.83. The predicted molar refractivity (Wildman–Crippen MR) is 127 cm³/mol. The van der Waals surface area contributed by atoms with Crippen LogP contribution >= 0.6 is 0 Å². The van der Waals surface area contributed by atoms with Crippen molar-refractivity contribution in [2.75, 3.05) is 0 Å². The lowest BCUT2D eigenvalue weighted by Crippen LogP contribution is -2.29. The fourth-order valence-corrected chi connectivity index (χ4v) is 5.39. The lowest BCUT2D eigenvalue weighted by Gasteiger charge is -2.36. The standard InChI is InChI=1S/C28H35N/c1-8-11-12-21-17-24-23(16-20(21)10-3)18(4)26-22-14-13-19(9-2)15-25(22)29(7)27(26)28(24,5)6/h13-17H,4,8-12H2,1-3,5-7H3. The van der Waals surface area contributed by atoms with Gasteiger partial charge < -0.3 is 4.57 Å². The van der Waals surface area contributed by atoms with Crippen molar-refractivity contribution in [3.8, 4) is 0 Å². The van der Waals surface area contributed by atoms with E-state index in [0.29, 0.717) is 0 Å². The van der Waals surface area contributed by atoms with Gasteiger partial charge in [0.1, 0.15) is 0 Å². The lowest BCUT2D eigenvalue weighted by atomic mass is 9.69. The van der Waals surface area contributed by atoms with Gasteiger partial charge in [-0.2, -0.15) is 0 Å². The van der Waals surface area contributed by atoms with Crippen LogP contribution in [0.1, 0.15) is 86.5 Å². The molecule has 0 bridgehead atoms. The Morgan fingerprint density at radius 1 is 0.966 bits per heavy atom. The number of fused-ring (bicyclic) bond motifs is 4. The van der Waals surface area contributed by atoms with E-state index in [-0.39, 0.29) is 5.41 Å². The first-order valence-electron chi connectivity index (χ1n) is 11.3. The third-order valence-electron chi connectivity index (χ3n) is 7.09. The zero-order chi connectivity index (χ0) is 20.9. The van der Waals surface area contributed by atoms with Crippen molar-refractivity contribution in [3.05, 3.63) is 76.0 Å². The number of hydrogen-bond donors (Lipinski definition) is 0. The lowest BCUT2D eigenvalue weighted by molar-refractivity contribution is 0.579. The molecule has 0 unspecified atom stereocenters. The molecule has 0 saturated carbocycles. The summed E-state index contributed by atoms with van der Waals surface area (Å²) in [5.41, 5.74) is 12.5. The average Bonchev–Trinajstić information content (AvgIpc) is 3.03. The molecule has 1 heteroatoms. The van der Waals surface area contributed by atoms with Gasteiger partial charge in [0.05, 0.1) is 0 Å². The van der Waals surface area contributed by atoms with Crippen molar-refractivity contribution in [1.29, 1.82) is 0 Å². The van der Waals surface area contributed by atoms with Gasteiger partial charge in [-0.1, -0.05) is 71.9 Å². The molecule has 1 heterocycles. The van der Waals surface area contributed by atoms with Crippen LogP contribution in [0.3, 0.4) is 0 Å². The zero-order valence-corrected chi connectivity index (χ0v) is 19.1. The number of nitrogens with zero attached hydrogens (tertiary/aromatic N) is 1. The maximum Gasteiger partial charge on any atom is 0.0489 e. The summed E-state index contributed by atoms with van der Waals surface area (Å²) in [6.45, 7) is 16.2. The summed E-state index contributed by atoms with van der Waals surface area (Å²) in [4.78, 5) is 0. The summed E-state index contributed by atoms with van der Waals surface area (Å²) in [6, 6.07) is 11.9. The van der Waals surface area contributed by atoms with Gasteiger partial charge in [-0.25, -0.2) is 0 Å². The third-order valence-corrected chi connectivity index (χ3v) is 7.09. The van der Waals surface area contributed by atoms with Gasteiger partial charge in [0.15, 0.2) is 0 Å². The third kappa shape index (κ3) is 2.89. The molecular formula is C28H35N. The first kappa shape index (κ1) is 20.0. The van der Waals surface area contributed by atoms with Crippen molar-refractivity contribution in [1.82, 2.24) is 4.57 Å². The van der Waals surface area contributed by atoms with Gasteiger partial charge in [-0.15, -0.1) is 0 Å². The molecule has 29 heavy (non-hydrogen) atoms. The summed E-state index contributed by atoms with van der Waals surface area (Å²) in [7, 11) is 2.24. The Balaban J connectivity index is 2.00. The smallest absolute Gasteiger partial charge is 0.0489 e. The van der Waals surface area contributed by atoms with Crippen LogP contribution in [-0.2, 0) is 31.7 Å². The Morgan fingerprint density at radius 2 is 1.72 bits per heavy atom. The molecule has 0 aliphatic heterocycles. The second kappa shape index (κ2) is 7.20. The monoisotopic (exact) mass is 385 g/mol. The molecule has 0 radical (unpaired) electrons. The molecule has 1 aliphatic rings. The van der Waals surface area contributed by atoms with Crippen LogP contribution < -0.4 is 0 Å². The molecule has 0 atom stereocenters. The van der Waals surface area contributed by atoms with E-state index in [4.69, 9.17) is 0 Å². The van der Waals surface area contributed by atoms with E-state index >= 15 is 0 Å². The highest BCUT2D eigenvalue weighted by Crippen LogP contribution is 2.50. The van der Waals surface area contributed by atoms with Gasteiger partial charge in [-0.05, 0) is 65.1 Å². The van der Waals surface area contributed by atoms with Crippen molar-refractivity contribution in [2.24, 2.45) is 7.05 Å². The predicted octanol–water partition coefficient (Wildman–Crippen LogP) is 7.35. The van der Waals surface area contributed by atoms with Gasteiger partial charge in [0.25, 0.3) is 0 Å². The molecule has 2 aromatic carbocycles. The minimum atomic E-state index is -0.0424. The van der Waals surface area contributed by atoms with E-state index in [1.807, 2.05) is 0 Å². The summed E-state index contributed by atoms with van der Waals surface area (Å²) < 4.78 is 2.43. The van der Waals surface area contributed by atoms with Crippen LogP contribution in [0.15, 0.2) is 36.9 Å². The largest absolute Gasteiger partial charge is 0.346 e. The van der Waals surface area contributed by atoms with Crippen LogP contribution in [0.4, 0.5) is 0 Å². The molecule has 1 aromatic heterocycles. The van der Waals surface area contributed by atoms with Crippen molar-refractivity contribution < 1.29 is 0 Å². The van der Waals surface area contributed by atoms with E-state index in [2.05, 4.69) is 83.1 Å². The van der Waals surface area contributed by atoms with Crippen molar-refractivity contribution in [3.63, 3.8) is 0 Å². The average molecular weight is 386 g/mol. The van der Waals surface area contributed by atoms with Crippen LogP contribution in [0.2, 0.25) is 0 Å². The molecule has 1 nitrogen and oxygen atoms in total. The number of hydrogen-bond acceptors (Lipinski definition) is 0. The molecular weight excluding hydrogens is 350 g/mol. The van der Waals surface area contributed by atoms with E-state index in [9.17, 15) is 0 Å². The molecule has 0 amide bonds. The summed E-state index contributed by atoms with van der Waals surface area (Å²) in [5.74, 6) is 0. The van der Waals surface area contributed by atoms with Gasteiger partial charge in [0.2, 0.25) is 0 Å². The topological polar surface area (TPSA) is 4.93 Å². The normalized spacial score (nSPS) is 14.9. The number of rotatable bonds is 5. The number of aromatic nitrogens is 1. The molecule has 0 spiro atoms. The quantitative estimate of drug-likeness (QED) is 0.433. The fourth-order valence-electron chi connectivity index (χ4n) is 5.39. The Hall–Kier alpha value is -2.28. The Morgan fingerprint density at radius 3 is 2.38 bits per heavy atom. The molecule has 0 N–H and O–H groups in total. The minimum absolute atomic E-state index is 0.0424. The summed E-state index contributed by atoms with van der Waals surface area (Å²) >= 11 is 0. The molecule has 0 fully saturated rings. The van der Waals surface area contributed by atoms with E-state index in [1.165, 1.54) is 74.8 Å². The molecule has 0 saturated heterocycles. The Kier molecular flexibility index (Phi) is 4.97. The Bertz CT molecular complexity index is 1110. The fraction of sp³-hybridized carbons (Fsp3) is 0.429. The minimum Gasteiger partial charge on any atom is -0.346 e. The molecule has 4 rings (SSSR count). The maximum atomic E-state index is 4.62. The van der Waals surface area contributed by atoms with Gasteiger partial charge in [-0.3, -0.25) is 0 Å². The van der Waals surface area contributed by atoms with Gasteiger partial charge >= 0.3 is 0 Å². The van der Waals surface area contributed by atoms with E-state index in [0.717, 1.165) is 12.8 Å². The summed E-state index contributed by atoms with van der Waals surface area (Å²) in [5, 5.41) is 1.34. The van der Waals surface area contributed by atoms with Crippen LogP contribution in [0.5, 0.6) is 0 Å². The van der Waals surface area contributed by atoms with E-state index < -0.39 is 0 Å². The maximum absolute atomic E-state index is 4.62.